The van der Waals surface area contributed by atoms with Crippen molar-refractivity contribution in [3.63, 3.8) is 0 Å². The van der Waals surface area contributed by atoms with Crippen LogP contribution in [0.3, 0.4) is 0 Å². The molecular weight excluding hydrogens is 290 g/mol. The summed E-state index contributed by atoms with van der Waals surface area (Å²) in [6.45, 7) is 3.30. The molecule has 1 aromatic rings. The number of likely N-dealkylation sites (N-methyl/N-ethyl adjacent to an activating group) is 1. The Balaban J connectivity index is 2.87. The number of rotatable bonds is 8. The van der Waals surface area contributed by atoms with Gasteiger partial charge >= 0.3 is 6.18 Å². The van der Waals surface area contributed by atoms with Gasteiger partial charge in [-0.1, -0.05) is 13.0 Å². The van der Waals surface area contributed by atoms with Crippen molar-refractivity contribution >= 4 is 0 Å². The van der Waals surface area contributed by atoms with Gasteiger partial charge in [0.25, 0.3) is 0 Å². The Morgan fingerprint density at radius 2 is 1.95 bits per heavy atom. The lowest BCUT2D eigenvalue weighted by Crippen LogP contribution is -2.26. The van der Waals surface area contributed by atoms with Crippen molar-refractivity contribution in [2.75, 3.05) is 33.5 Å². The maximum absolute atomic E-state index is 13.3. The van der Waals surface area contributed by atoms with Crippen molar-refractivity contribution in [2.24, 2.45) is 0 Å². The third-order valence-corrected chi connectivity index (χ3v) is 2.87. The Labute approximate surface area is 121 Å². The van der Waals surface area contributed by atoms with E-state index in [-0.39, 0.29) is 6.61 Å². The van der Waals surface area contributed by atoms with Crippen molar-refractivity contribution < 1.29 is 27.0 Å². The van der Waals surface area contributed by atoms with E-state index in [1.54, 1.807) is 0 Å². The lowest BCUT2D eigenvalue weighted by Gasteiger charge is -2.20. The molecule has 0 saturated heterocycles. The highest BCUT2D eigenvalue weighted by atomic mass is 19.4. The Hall–Kier alpha value is -1.18. The molecular formula is C14H19F4NO2. The molecule has 1 aromatic carbocycles. The lowest BCUT2D eigenvalue weighted by atomic mass is 10.0. The maximum atomic E-state index is 13.3. The Morgan fingerprint density at radius 3 is 2.52 bits per heavy atom. The molecule has 0 aliphatic rings. The molecule has 0 aliphatic carbocycles. The van der Waals surface area contributed by atoms with Crippen LogP contribution in [-0.2, 0) is 15.7 Å². The van der Waals surface area contributed by atoms with Gasteiger partial charge in [-0.15, -0.1) is 0 Å². The zero-order chi connectivity index (χ0) is 15.9. The standard InChI is InChI=1S/C14H19F4NO2/c1-3-19-13(9-21-7-6-20-2)10-4-5-12(15)11(8-10)14(16,17)18/h4-5,8,13,19H,3,6-7,9H2,1-2H3. The fourth-order valence-corrected chi connectivity index (χ4v) is 1.84. The SMILES string of the molecule is CCNC(COCCOC)c1ccc(F)c(C(F)(F)F)c1. The third kappa shape index (κ3) is 5.61. The minimum absolute atomic E-state index is 0.181. The number of hydrogen-bond acceptors (Lipinski definition) is 3. The largest absolute Gasteiger partial charge is 0.419 e. The molecule has 1 atom stereocenters. The molecule has 0 bridgehead atoms. The van der Waals surface area contributed by atoms with Crippen molar-refractivity contribution in [1.82, 2.24) is 5.32 Å². The van der Waals surface area contributed by atoms with E-state index in [9.17, 15) is 17.6 Å². The van der Waals surface area contributed by atoms with Crippen LogP contribution in [0.1, 0.15) is 24.1 Å². The predicted molar refractivity (Wildman–Crippen MR) is 70.5 cm³/mol. The van der Waals surface area contributed by atoms with E-state index >= 15 is 0 Å². The van der Waals surface area contributed by atoms with Gasteiger partial charge in [0.15, 0.2) is 0 Å². The number of halogens is 4. The van der Waals surface area contributed by atoms with Gasteiger partial charge in [0.1, 0.15) is 5.82 Å². The van der Waals surface area contributed by atoms with Crippen LogP contribution in [-0.4, -0.2) is 33.5 Å². The minimum Gasteiger partial charge on any atom is -0.382 e. The summed E-state index contributed by atoms with van der Waals surface area (Å²) in [7, 11) is 1.53. The van der Waals surface area contributed by atoms with E-state index in [1.807, 2.05) is 6.92 Å². The highest BCUT2D eigenvalue weighted by Gasteiger charge is 2.34. The molecule has 1 unspecified atom stereocenters. The topological polar surface area (TPSA) is 30.5 Å². The number of methoxy groups -OCH3 is 1. The normalized spacial score (nSPS) is 13.4. The summed E-state index contributed by atoms with van der Waals surface area (Å²) >= 11 is 0. The summed E-state index contributed by atoms with van der Waals surface area (Å²) in [5, 5.41) is 3.02. The highest BCUT2D eigenvalue weighted by Crippen LogP contribution is 2.33. The van der Waals surface area contributed by atoms with Gasteiger partial charge < -0.3 is 14.8 Å². The first-order valence-electron chi connectivity index (χ1n) is 6.56. The fraction of sp³-hybridized carbons (Fsp3) is 0.571. The third-order valence-electron chi connectivity index (χ3n) is 2.87. The summed E-state index contributed by atoms with van der Waals surface area (Å²) in [6, 6.07) is 2.55. The number of ether oxygens (including phenoxy) is 2. The Kier molecular flexibility index (Phi) is 7.07. The molecule has 0 fully saturated rings. The van der Waals surface area contributed by atoms with Crippen LogP contribution in [0.5, 0.6) is 0 Å². The first-order chi connectivity index (χ1) is 9.90. The van der Waals surface area contributed by atoms with Crippen LogP contribution in [0.4, 0.5) is 17.6 Å². The van der Waals surface area contributed by atoms with Gasteiger partial charge in [0, 0.05) is 7.11 Å². The van der Waals surface area contributed by atoms with E-state index < -0.39 is 23.6 Å². The van der Waals surface area contributed by atoms with Crippen molar-refractivity contribution in [1.29, 1.82) is 0 Å². The molecule has 120 valence electrons. The van der Waals surface area contributed by atoms with Crippen LogP contribution in [0.15, 0.2) is 18.2 Å². The molecule has 7 heteroatoms. The molecule has 0 aliphatic heterocycles. The molecule has 0 spiro atoms. The molecule has 1 N–H and O–H groups in total. The van der Waals surface area contributed by atoms with Gasteiger partial charge in [0.2, 0.25) is 0 Å². The van der Waals surface area contributed by atoms with Gasteiger partial charge in [-0.3, -0.25) is 0 Å². The van der Waals surface area contributed by atoms with Gasteiger partial charge in [0.05, 0.1) is 31.4 Å². The zero-order valence-electron chi connectivity index (χ0n) is 12.0. The van der Waals surface area contributed by atoms with Crippen molar-refractivity contribution in [2.45, 2.75) is 19.1 Å². The molecule has 0 aromatic heterocycles. The summed E-state index contributed by atoms with van der Waals surface area (Å²) in [5.41, 5.74) is -0.928. The van der Waals surface area contributed by atoms with E-state index in [0.717, 1.165) is 12.1 Å². The Morgan fingerprint density at radius 1 is 1.24 bits per heavy atom. The zero-order valence-corrected chi connectivity index (χ0v) is 12.0. The van der Waals surface area contributed by atoms with Crippen LogP contribution in [0, 0.1) is 5.82 Å². The molecule has 3 nitrogen and oxygen atoms in total. The van der Waals surface area contributed by atoms with Gasteiger partial charge in [-0.05, 0) is 24.2 Å². The molecule has 0 amide bonds. The number of alkyl halides is 3. The van der Waals surface area contributed by atoms with Crippen LogP contribution in [0.25, 0.3) is 0 Å². The van der Waals surface area contributed by atoms with Crippen molar-refractivity contribution in [3.8, 4) is 0 Å². The molecule has 1 rings (SSSR count). The highest BCUT2D eigenvalue weighted by molar-refractivity contribution is 5.29. The molecule has 21 heavy (non-hydrogen) atoms. The average Bonchev–Trinajstić information content (AvgIpc) is 2.42. The molecule has 0 saturated carbocycles. The molecule has 0 radical (unpaired) electrons. The summed E-state index contributed by atoms with van der Waals surface area (Å²) < 4.78 is 61.6. The van der Waals surface area contributed by atoms with Crippen LogP contribution >= 0.6 is 0 Å². The van der Waals surface area contributed by atoms with Gasteiger partial charge in [-0.25, -0.2) is 4.39 Å². The Bertz CT molecular complexity index is 437. The van der Waals surface area contributed by atoms with E-state index in [2.05, 4.69) is 5.32 Å². The minimum atomic E-state index is -4.71. The number of benzene rings is 1. The fourth-order valence-electron chi connectivity index (χ4n) is 1.84. The van der Waals surface area contributed by atoms with Crippen LogP contribution in [0.2, 0.25) is 0 Å². The first-order valence-corrected chi connectivity index (χ1v) is 6.56. The van der Waals surface area contributed by atoms with Gasteiger partial charge in [-0.2, -0.15) is 13.2 Å². The van der Waals surface area contributed by atoms with E-state index in [1.165, 1.54) is 13.2 Å². The molecule has 0 heterocycles. The second-order valence-corrected chi connectivity index (χ2v) is 4.42. The summed E-state index contributed by atoms with van der Waals surface area (Å²) in [6.07, 6.45) is -4.71. The maximum Gasteiger partial charge on any atom is 0.419 e. The van der Waals surface area contributed by atoms with Crippen LogP contribution < -0.4 is 5.32 Å². The monoisotopic (exact) mass is 309 g/mol. The smallest absolute Gasteiger partial charge is 0.382 e. The number of hydrogen-bond donors (Lipinski definition) is 1. The average molecular weight is 309 g/mol. The lowest BCUT2D eigenvalue weighted by molar-refractivity contribution is -0.140. The quantitative estimate of drug-likeness (QED) is 0.591. The first kappa shape index (κ1) is 17.9. The summed E-state index contributed by atoms with van der Waals surface area (Å²) in [4.78, 5) is 0. The summed E-state index contributed by atoms with van der Waals surface area (Å²) in [5.74, 6) is -1.28. The van der Waals surface area contributed by atoms with E-state index in [0.29, 0.717) is 25.3 Å². The van der Waals surface area contributed by atoms with E-state index in [4.69, 9.17) is 9.47 Å². The number of nitrogens with one attached hydrogen (secondary N) is 1. The second-order valence-electron chi connectivity index (χ2n) is 4.42. The predicted octanol–water partition coefficient (Wildman–Crippen LogP) is 3.16. The second kappa shape index (κ2) is 8.31. The van der Waals surface area contributed by atoms with Crippen molar-refractivity contribution in [3.05, 3.63) is 35.1 Å².